The Hall–Kier alpha value is -3.16. The Morgan fingerprint density at radius 3 is 2.72 bits per heavy atom. The highest BCUT2D eigenvalue weighted by atomic mass is 19.1. The average Bonchev–Trinajstić information content (AvgIpc) is 3.12. The fourth-order valence-corrected chi connectivity index (χ4v) is 2.43. The Labute approximate surface area is 142 Å². The van der Waals surface area contributed by atoms with E-state index in [0.29, 0.717) is 19.0 Å². The fraction of sp³-hybridized carbons (Fsp3) is 0.176. The van der Waals surface area contributed by atoms with Gasteiger partial charge in [0.15, 0.2) is 11.5 Å². The molecule has 25 heavy (non-hydrogen) atoms. The predicted molar refractivity (Wildman–Crippen MR) is 85.4 cm³/mol. The first kappa shape index (κ1) is 16.7. The number of rotatable bonds is 6. The van der Waals surface area contributed by atoms with Crippen LogP contribution >= 0.6 is 0 Å². The van der Waals surface area contributed by atoms with Crippen LogP contribution in [0.15, 0.2) is 55.2 Å². The average molecular weight is 343 g/mol. The second-order valence-corrected chi connectivity index (χ2v) is 5.37. The van der Waals surface area contributed by atoms with E-state index >= 15 is 0 Å². The molecule has 2 heterocycles. The Morgan fingerprint density at radius 1 is 1.24 bits per heavy atom. The lowest BCUT2D eigenvalue weighted by atomic mass is 10.0. The molecule has 3 aromatic rings. The van der Waals surface area contributed by atoms with Gasteiger partial charge in [0.1, 0.15) is 18.5 Å². The van der Waals surface area contributed by atoms with Crippen LogP contribution in [0.5, 0.6) is 0 Å². The zero-order valence-electron chi connectivity index (χ0n) is 13.1. The molecular weight excluding hydrogens is 328 g/mol. The first-order valence-electron chi connectivity index (χ1n) is 7.63. The number of amides is 1. The van der Waals surface area contributed by atoms with Crippen molar-refractivity contribution in [1.82, 2.24) is 25.1 Å². The molecular formula is C17H15F2N5O. The summed E-state index contributed by atoms with van der Waals surface area (Å²) >= 11 is 0. The Bertz CT molecular complexity index is 840. The second-order valence-electron chi connectivity index (χ2n) is 5.37. The molecule has 0 aliphatic carbocycles. The summed E-state index contributed by atoms with van der Waals surface area (Å²) in [6.07, 6.45) is 4.33. The van der Waals surface area contributed by atoms with Crippen LogP contribution < -0.4 is 5.32 Å². The molecule has 3 rings (SSSR count). The summed E-state index contributed by atoms with van der Waals surface area (Å²) in [5.74, 6) is -2.54. The van der Waals surface area contributed by atoms with Crippen molar-refractivity contribution in [3.05, 3.63) is 78.1 Å². The molecule has 0 bridgehead atoms. The molecule has 1 atom stereocenters. The molecule has 2 aromatic heterocycles. The highest BCUT2D eigenvalue weighted by molar-refractivity contribution is 5.92. The van der Waals surface area contributed by atoms with Crippen LogP contribution in [-0.2, 0) is 6.54 Å². The summed E-state index contributed by atoms with van der Waals surface area (Å²) in [5, 5.41) is 6.77. The van der Waals surface area contributed by atoms with Crippen molar-refractivity contribution in [2.75, 3.05) is 0 Å². The third-order valence-corrected chi connectivity index (χ3v) is 3.64. The maximum absolute atomic E-state index is 13.8. The lowest BCUT2D eigenvalue weighted by molar-refractivity contribution is 0.0923. The first-order valence-corrected chi connectivity index (χ1v) is 7.63. The summed E-state index contributed by atoms with van der Waals surface area (Å²) in [7, 11) is 0. The smallest absolute Gasteiger partial charge is 0.273 e. The van der Waals surface area contributed by atoms with Crippen LogP contribution in [-0.4, -0.2) is 25.7 Å². The SMILES string of the molecule is O=C(N[C@@H](CCn1cncn1)c1ccccc1)c1ncc(F)cc1F. The quantitative estimate of drug-likeness (QED) is 0.746. The lowest BCUT2D eigenvalue weighted by Crippen LogP contribution is -2.31. The third kappa shape index (κ3) is 4.23. The summed E-state index contributed by atoms with van der Waals surface area (Å²) < 4.78 is 28.4. The lowest BCUT2D eigenvalue weighted by Gasteiger charge is -2.19. The summed E-state index contributed by atoms with van der Waals surface area (Å²) in [5.41, 5.74) is 0.418. The molecule has 1 amide bonds. The van der Waals surface area contributed by atoms with Gasteiger partial charge in [-0.05, 0) is 12.0 Å². The summed E-state index contributed by atoms with van der Waals surface area (Å²) in [4.78, 5) is 19.8. The minimum absolute atomic E-state index is 0.385. The molecule has 0 fully saturated rings. The van der Waals surface area contributed by atoms with E-state index in [1.807, 2.05) is 30.3 Å². The molecule has 0 radical (unpaired) electrons. The van der Waals surface area contributed by atoms with E-state index in [1.165, 1.54) is 6.33 Å². The number of hydrogen-bond acceptors (Lipinski definition) is 4. The Morgan fingerprint density at radius 2 is 2.04 bits per heavy atom. The van der Waals surface area contributed by atoms with Crippen LogP contribution in [0.3, 0.4) is 0 Å². The number of benzene rings is 1. The van der Waals surface area contributed by atoms with Gasteiger partial charge in [-0.3, -0.25) is 9.48 Å². The van der Waals surface area contributed by atoms with Gasteiger partial charge in [0.05, 0.1) is 12.2 Å². The van der Waals surface area contributed by atoms with E-state index in [4.69, 9.17) is 0 Å². The molecule has 0 aliphatic heterocycles. The van der Waals surface area contributed by atoms with E-state index in [1.54, 1.807) is 11.0 Å². The second kappa shape index (κ2) is 7.61. The molecule has 8 heteroatoms. The number of carbonyl (C=O) groups is 1. The summed E-state index contributed by atoms with van der Waals surface area (Å²) in [6.45, 7) is 0.513. The predicted octanol–water partition coefficient (Wildman–Crippen LogP) is 2.51. The highest BCUT2D eigenvalue weighted by Gasteiger charge is 2.20. The van der Waals surface area contributed by atoms with Gasteiger partial charge in [-0.15, -0.1) is 0 Å². The van der Waals surface area contributed by atoms with E-state index in [-0.39, 0.29) is 6.04 Å². The van der Waals surface area contributed by atoms with Crippen molar-refractivity contribution >= 4 is 5.91 Å². The van der Waals surface area contributed by atoms with Crippen molar-refractivity contribution in [2.24, 2.45) is 0 Å². The van der Waals surface area contributed by atoms with Crippen molar-refractivity contribution in [3.63, 3.8) is 0 Å². The Kier molecular flexibility index (Phi) is 5.08. The first-order chi connectivity index (χ1) is 12.1. The zero-order valence-corrected chi connectivity index (χ0v) is 13.1. The van der Waals surface area contributed by atoms with Gasteiger partial charge >= 0.3 is 0 Å². The number of aryl methyl sites for hydroxylation is 1. The highest BCUT2D eigenvalue weighted by Crippen LogP contribution is 2.18. The van der Waals surface area contributed by atoms with E-state index < -0.39 is 23.2 Å². The Balaban J connectivity index is 1.77. The molecule has 6 nitrogen and oxygen atoms in total. The minimum Gasteiger partial charge on any atom is -0.344 e. The molecule has 1 N–H and O–H groups in total. The minimum atomic E-state index is -0.999. The summed E-state index contributed by atoms with van der Waals surface area (Å²) in [6, 6.07) is 9.53. The number of carbonyl (C=O) groups excluding carboxylic acids is 1. The third-order valence-electron chi connectivity index (χ3n) is 3.64. The van der Waals surface area contributed by atoms with Crippen LogP contribution in [0.25, 0.3) is 0 Å². The van der Waals surface area contributed by atoms with Crippen LogP contribution in [0, 0.1) is 11.6 Å². The van der Waals surface area contributed by atoms with Gasteiger partial charge in [0, 0.05) is 12.6 Å². The molecule has 1 aromatic carbocycles. The van der Waals surface area contributed by atoms with Gasteiger partial charge in [-0.1, -0.05) is 30.3 Å². The molecule has 0 spiro atoms. The maximum Gasteiger partial charge on any atom is 0.273 e. The van der Waals surface area contributed by atoms with E-state index in [2.05, 4.69) is 20.4 Å². The van der Waals surface area contributed by atoms with Crippen LogP contribution in [0.4, 0.5) is 8.78 Å². The number of hydrogen-bond donors (Lipinski definition) is 1. The van der Waals surface area contributed by atoms with Gasteiger partial charge in [-0.2, -0.15) is 5.10 Å². The zero-order chi connectivity index (χ0) is 17.6. The van der Waals surface area contributed by atoms with E-state index in [9.17, 15) is 13.6 Å². The van der Waals surface area contributed by atoms with Crippen LogP contribution in [0.2, 0.25) is 0 Å². The van der Waals surface area contributed by atoms with Crippen molar-refractivity contribution in [3.8, 4) is 0 Å². The number of pyridine rings is 1. The molecule has 0 aliphatic rings. The topological polar surface area (TPSA) is 72.7 Å². The number of halogens is 2. The van der Waals surface area contributed by atoms with Gasteiger partial charge in [0.2, 0.25) is 0 Å². The van der Waals surface area contributed by atoms with Crippen molar-refractivity contribution < 1.29 is 13.6 Å². The molecule has 0 saturated heterocycles. The largest absolute Gasteiger partial charge is 0.344 e. The molecule has 128 valence electrons. The monoisotopic (exact) mass is 343 g/mol. The van der Waals surface area contributed by atoms with Gasteiger partial charge in [0.25, 0.3) is 5.91 Å². The number of nitrogens with one attached hydrogen (secondary N) is 1. The molecule has 0 saturated carbocycles. The van der Waals surface area contributed by atoms with Crippen molar-refractivity contribution in [1.29, 1.82) is 0 Å². The fourth-order valence-electron chi connectivity index (χ4n) is 2.43. The standard InChI is InChI=1S/C17H15F2N5O/c18-13-8-14(19)16(21-9-13)17(25)23-15(12-4-2-1-3-5-12)6-7-24-11-20-10-22-24/h1-5,8-11,15H,6-7H2,(H,23,25)/t15-/m0/s1. The van der Waals surface area contributed by atoms with E-state index in [0.717, 1.165) is 11.8 Å². The normalized spacial score (nSPS) is 11.9. The van der Waals surface area contributed by atoms with Crippen molar-refractivity contribution in [2.45, 2.75) is 19.0 Å². The van der Waals surface area contributed by atoms with Crippen LogP contribution in [0.1, 0.15) is 28.5 Å². The number of aromatic nitrogens is 4. The molecule has 0 unspecified atom stereocenters. The number of nitrogens with zero attached hydrogens (tertiary/aromatic N) is 4. The van der Waals surface area contributed by atoms with Gasteiger partial charge < -0.3 is 5.32 Å². The maximum atomic E-state index is 13.8. The van der Waals surface area contributed by atoms with Gasteiger partial charge in [-0.25, -0.2) is 18.7 Å².